The number of nitrogens with two attached hydrogens (primary N) is 2. The van der Waals surface area contributed by atoms with Gasteiger partial charge in [-0.2, -0.15) is 0 Å². The summed E-state index contributed by atoms with van der Waals surface area (Å²) >= 11 is 0. The van der Waals surface area contributed by atoms with E-state index in [1.165, 1.54) is 6.07 Å². The molecule has 1 aromatic rings. The van der Waals surface area contributed by atoms with Gasteiger partial charge in [-0.1, -0.05) is 12.8 Å². The summed E-state index contributed by atoms with van der Waals surface area (Å²) in [7, 11) is 1.84. The molecule has 0 bridgehead atoms. The van der Waals surface area contributed by atoms with Crippen LogP contribution >= 0.6 is 0 Å². The molecule has 2 atom stereocenters. The summed E-state index contributed by atoms with van der Waals surface area (Å²) in [6.07, 6.45) is 3.39. The number of anilines is 2. The highest BCUT2D eigenvalue weighted by atomic mass is 16.3. The van der Waals surface area contributed by atoms with Gasteiger partial charge in [0.1, 0.15) is 5.69 Å². The topological polar surface area (TPSA) is 105 Å². The van der Waals surface area contributed by atoms with E-state index >= 15 is 0 Å². The van der Waals surface area contributed by atoms with Crippen LogP contribution in [0.15, 0.2) is 12.1 Å². The quantitative estimate of drug-likeness (QED) is 0.737. The fourth-order valence-corrected chi connectivity index (χ4v) is 2.58. The first-order valence-corrected chi connectivity index (χ1v) is 6.48. The van der Waals surface area contributed by atoms with Gasteiger partial charge in [0.25, 0.3) is 5.91 Å². The van der Waals surface area contributed by atoms with Gasteiger partial charge < -0.3 is 21.5 Å². The Kier molecular flexibility index (Phi) is 3.90. The van der Waals surface area contributed by atoms with Crippen molar-refractivity contribution in [2.75, 3.05) is 17.7 Å². The van der Waals surface area contributed by atoms with Crippen molar-refractivity contribution < 1.29 is 9.90 Å². The first kappa shape index (κ1) is 13.6. The Morgan fingerprint density at radius 3 is 2.74 bits per heavy atom. The smallest absolute Gasteiger partial charge is 0.267 e. The van der Waals surface area contributed by atoms with Crippen LogP contribution < -0.4 is 16.4 Å². The molecule has 1 amide bonds. The summed E-state index contributed by atoms with van der Waals surface area (Å²) < 4.78 is 0. The molecule has 5 N–H and O–H groups in total. The molecule has 1 heterocycles. The fraction of sp³-hybridized carbons (Fsp3) is 0.538. The van der Waals surface area contributed by atoms with Crippen molar-refractivity contribution in [2.45, 2.75) is 37.8 Å². The van der Waals surface area contributed by atoms with E-state index in [9.17, 15) is 9.90 Å². The third-order valence-corrected chi connectivity index (χ3v) is 3.68. The fourth-order valence-electron chi connectivity index (χ4n) is 2.58. The van der Waals surface area contributed by atoms with Crippen molar-refractivity contribution in [1.82, 2.24) is 4.98 Å². The predicted molar refractivity (Wildman–Crippen MR) is 73.8 cm³/mol. The van der Waals surface area contributed by atoms with Crippen molar-refractivity contribution in [1.29, 1.82) is 0 Å². The second-order valence-corrected chi connectivity index (χ2v) is 5.00. The van der Waals surface area contributed by atoms with Gasteiger partial charge in [0.05, 0.1) is 17.8 Å². The Bertz CT molecular complexity index is 478. The summed E-state index contributed by atoms with van der Waals surface area (Å²) in [6, 6.07) is 3.10. The number of amides is 1. The van der Waals surface area contributed by atoms with Crippen LogP contribution in [0.5, 0.6) is 0 Å². The summed E-state index contributed by atoms with van der Waals surface area (Å²) in [4.78, 5) is 17.2. The van der Waals surface area contributed by atoms with E-state index in [1.54, 1.807) is 6.07 Å². The van der Waals surface area contributed by atoms with Crippen LogP contribution in [0, 0.1) is 0 Å². The molecule has 19 heavy (non-hydrogen) atoms. The van der Waals surface area contributed by atoms with Crippen molar-refractivity contribution in [2.24, 2.45) is 5.73 Å². The Morgan fingerprint density at radius 2 is 2.11 bits per heavy atom. The van der Waals surface area contributed by atoms with Gasteiger partial charge in [0.2, 0.25) is 0 Å². The largest absolute Gasteiger partial charge is 0.396 e. The third-order valence-electron chi connectivity index (χ3n) is 3.68. The number of pyridine rings is 1. The van der Waals surface area contributed by atoms with Gasteiger partial charge in [-0.3, -0.25) is 4.79 Å². The maximum Gasteiger partial charge on any atom is 0.267 e. The van der Waals surface area contributed by atoms with Crippen molar-refractivity contribution in [3.8, 4) is 0 Å². The van der Waals surface area contributed by atoms with E-state index in [1.807, 2.05) is 11.9 Å². The summed E-state index contributed by atoms with van der Waals surface area (Å²) in [5.74, 6) is -0.0823. The molecule has 2 unspecified atom stereocenters. The van der Waals surface area contributed by atoms with Crippen LogP contribution in [0.25, 0.3) is 0 Å². The van der Waals surface area contributed by atoms with Gasteiger partial charge in [0.15, 0.2) is 5.82 Å². The lowest BCUT2D eigenvalue weighted by molar-refractivity contribution is 0.0995. The Hall–Kier alpha value is -1.82. The molecule has 6 heteroatoms. The maximum absolute atomic E-state index is 11.2. The van der Waals surface area contributed by atoms with E-state index in [0.717, 1.165) is 25.7 Å². The van der Waals surface area contributed by atoms with E-state index in [2.05, 4.69) is 4.98 Å². The third kappa shape index (κ3) is 2.78. The molecule has 0 aromatic carbocycles. The SMILES string of the molecule is CN(c1nc(C(N)=O)ccc1N)C1CCCCC1O. The number of nitrogens with zero attached hydrogens (tertiary/aromatic N) is 2. The number of aliphatic hydroxyl groups is 1. The van der Waals surface area contributed by atoms with Crippen molar-refractivity contribution in [3.63, 3.8) is 0 Å². The first-order valence-electron chi connectivity index (χ1n) is 6.48. The highest BCUT2D eigenvalue weighted by molar-refractivity contribution is 5.91. The Labute approximate surface area is 112 Å². The second-order valence-electron chi connectivity index (χ2n) is 5.00. The lowest BCUT2D eigenvalue weighted by Crippen LogP contribution is -2.44. The van der Waals surface area contributed by atoms with Gasteiger partial charge in [-0.05, 0) is 25.0 Å². The molecule has 104 valence electrons. The van der Waals surface area contributed by atoms with Crippen LogP contribution in [0.3, 0.4) is 0 Å². The average Bonchev–Trinajstić information content (AvgIpc) is 2.38. The van der Waals surface area contributed by atoms with Crippen LogP contribution in [0.4, 0.5) is 11.5 Å². The zero-order valence-electron chi connectivity index (χ0n) is 11.0. The molecule has 1 aromatic heterocycles. The number of carbonyl (C=O) groups excluding carboxylic acids is 1. The van der Waals surface area contributed by atoms with Gasteiger partial charge >= 0.3 is 0 Å². The second kappa shape index (κ2) is 5.44. The zero-order chi connectivity index (χ0) is 14.0. The summed E-state index contributed by atoms with van der Waals surface area (Å²) in [5.41, 5.74) is 11.8. The summed E-state index contributed by atoms with van der Waals surface area (Å²) in [6.45, 7) is 0. The highest BCUT2D eigenvalue weighted by Gasteiger charge is 2.28. The van der Waals surface area contributed by atoms with Crippen LogP contribution in [-0.4, -0.2) is 35.2 Å². The molecule has 1 aliphatic carbocycles. The number of hydrogen-bond acceptors (Lipinski definition) is 5. The first-order chi connectivity index (χ1) is 9.00. The molecule has 1 aliphatic rings. The van der Waals surface area contributed by atoms with Crippen LogP contribution in [0.1, 0.15) is 36.2 Å². The van der Waals surface area contributed by atoms with Crippen LogP contribution in [-0.2, 0) is 0 Å². The van der Waals surface area contributed by atoms with Crippen LogP contribution in [0.2, 0.25) is 0 Å². The van der Waals surface area contributed by atoms with Gasteiger partial charge in [-0.15, -0.1) is 0 Å². The Balaban J connectivity index is 2.29. The molecule has 0 aliphatic heterocycles. The zero-order valence-corrected chi connectivity index (χ0v) is 11.0. The molecular weight excluding hydrogens is 244 g/mol. The summed E-state index contributed by atoms with van der Waals surface area (Å²) in [5, 5.41) is 10.1. The maximum atomic E-state index is 11.2. The highest BCUT2D eigenvalue weighted by Crippen LogP contribution is 2.28. The lowest BCUT2D eigenvalue weighted by atomic mass is 9.91. The van der Waals surface area contributed by atoms with E-state index in [4.69, 9.17) is 11.5 Å². The minimum atomic E-state index is -0.584. The molecule has 6 nitrogen and oxygen atoms in total. The number of aliphatic hydroxyl groups excluding tert-OH is 1. The van der Waals surface area contributed by atoms with Crippen molar-refractivity contribution in [3.05, 3.63) is 17.8 Å². The van der Waals surface area contributed by atoms with Crippen molar-refractivity contribution >= 4 is 17.4 Å². The minimum absolute atomic E-state index is 0.0216. The standard InChI is InChI=1S/C13H20N4O2/c1-17(10-4-2-3-5-11(10)18)13-8(14)6-7-9(16-13)12(15)19/h6-7,10-11,18H,2-5,14H2,1H3,(H2,15,19). The van der Waals surface area contributed by atoms with E-state index in [0.29, 0.717) is 11.5 Å². The average molecular weight is 264 g/mol. The predicted octanol–water partition coefficient (Wildman–Crippen LogP) is 0.502. The number of nitrogen functional groups attached to an aromatic ring is 1. The van der Waals surface area contributed by atoms with Gasteiger partial charge in [-0.25, -0.2) is 4.98 Å². The van der Waals surface area contributed by atoms with E-state index < -0.39 is 12.0 Å². The molecule has 0 radical (unpaired) electrons. The number of aromatic nitrogens is 1. The Morgan fingerprint density at radius 1 is 1.42 bits per heavy atom. The molecule has 2 rings (SSSR count). The number of primary amides is 1. The number of likely N-dealkylation sites (N-methyl/N-ethyl adjacent to an activating group) is 1. The molecule has 0 spiro atoms. The minimum Gasteiger partial charge on any atom is -0.396 e. The van der Waals surface area contributed by atoms with Gasteiger partial charge in [0, 0.05) is 7.05 Å². The molecule has 1 saturated carbocycles. The molecular formula is C13H20N4O2. The number of hydrogen-bond donors (Lipinski definition) is 3. The normalized spacial score (nSPS) is 23.1. The number of carbonyl (C=O) groups is 1. The molecule has 1 fully saturated rings. The lowest BCUT2D eigenvalue weighted by Gasteiger charge is -2.36. The number of rotatable bonds is 3. The monoisotopic (exact) mass is 264 g/mol. The molecule has 0 saturated heterocycles. The van der Waals surface area contributed by atoms with E-state index in [-0.39, 0.29) is 11.7 Å².